The number of amides is 1. The zero-order chi connectivity index (χ0) is 14.5. The molecule has 0 heterocycles. The fourth-order valence-electron chi connectivity index (χ4n) is 3.25. The van der Waals surface area contributed by atoms with Crippen molar-refractivity contribution >= 4 is 11.6 Å². The van der Waals surface area contributed by atoms with E-state index in [2.05, 4.69) is 30.5 Å². The molecule has 0 radical (unpaired) electrons. The summed E-state index contributed by atoms with van der Waals surface area (Å²) in [5, 5.41) is 6.32. The van der Waals surface area contributed by atoms with Crippen molar-refractivity contribution in [1.82, 2.24) is 5.32 Å². The fourth-order valence-corrected chi connectivity index (χ4v) is 3.25. The molecule has 0 bridgehead atoms. The molecule has 20 heavy (non-hydrogen) atoms. The van der Waals surface area contributed by atoms with Crippen LogP contribution in [0.5, 0.6) is 0 Å². The minimum atomic E-state index is -0.0299. The number of hydrogen-bond acceptors (Lipinski definition) is 2. The zero-order valence-corrected chi connectivity index (χ0v) is 12.8. The first-order chi connectivity index (χ1) is 9.61. The predicted molar refractivity (Wildman–Crippen MR) is 84.0 cm³/mol. The summed E-state index contributed by atoms with van der Waals surface area (Å²) >= 11 is 0. The predicted octanol–water partition coefficient (Wildman–Crippen LogP) is 3.67. The maximum Gasteiger partial charge on any atom is 0.251 e. The summed E-state index contributed by atoms with van der Waals surface area (Å²) in [6.07, 6.45) is 5.19. The molecule has 3 heteroatoms. The molecule has 1 aliphatic carbocycles. The Morgan fingerprint density at radius 2 is 2.00 bits per heavy atom. The summed E-state index contributed by atoms with van der Waals surface area (Å²) in [6.45, 7) is 4.62. The van der Waals surface area contributed by atoms with E-state index in [4.69, 9.17) is 0 Å². The molecule has 3 nitrogen and oxygen atoms in total. The second-order valence-corrected chi connectivity index (χ2v) is 6.10. The Morgan fingerprint density at radius 1 is 1.25 bits per heavy atom. The number of anilines is 1. The first-order valence-electron chi connectivity index (χ1n) is 7.70. The van der Waals surface area contributed by atoms with Gasteiger partial charge in [0.25, 0.3) is 5.91 Å². The first-order valence-corrected chi connectivity index (χ1v) is 7.70. The zero-order valence-electron chi connectivity index (χ0n) is 12.8. The van der Waals surface area contributed by atoms with Crippen LogP contribution in [-0.2, 0) is 0 Å². The van der Waals surface area contributed by atoms with Crippen LogP contribution in [0, 0.1) is 11.8 Å². The fraction of sp³-hybridized carbons (Fsp3) is 0.588. The van der Waals surface area contributed by atoms with Gasteiger partial charge in [0.05, 0.1) is 0 Å². The highest BCUT2D eigenvalue weighted by atomic mass is 16.1. The standard InChI is InChI=1S/C17H26N2O/c1-12(2)15-9-4-5-10-16(15)19-14-8-6-7-13(11-14)17(20)18-3/h6-8,11-12,15-16,19H,4-5,9-10H2,1-3H3,(H,18,20). The van der Waals surface area contributed by atoms with E-state index in [1.54, 1.807) is 7.05 Å². The summed E-state index contributed by atoms with van der Waals surface area (Å²) in [7, 11) is 1.67. The van der Waals surface area contributed by atoms with Crippen molar-refractivity contribution in [3.8, 4) is 0 Å². The van der Waals surface area contributed by atoms with E-state index < -0.39 is 0 Å². The SMILES string of the molecule is CNC(=O)c1cccc(NC2CCCCC2C(C)C)c1. The highest BCUT2D eigenvalue weighted by Crippen LogP contribution is 2.32. The van der Waals surface area contributed by atoms with Crippen LogP contribution < -0.4 is 10.6 Å². The van der Waals surface area contributed by atoms with Crippen LogP contribution in [0.4, 0.5) is 5.69 Å². The Morgan fingerprint density at radius 3 is 2.70 bits per heavy atom. The van der Waals surface area contributed by atoms with Crippen LogP contribution in [0.15, 0.2) is 24.3 Å². The van der Waals surface area contributed by atoms with E-state index in [0.717, 1.165) is 17.2 Å². The molecule has 1 fully saturated rings. The molecular formula is C17H26N2O. The van der Waals surface area contributed by atoms with Gasteiger partial charge in [0, 0.05) is 24.3 Å². The Hall–Kier alpha value is -1.51. The van der Waals surface area contributed by atoms with Crippen LogP contribution in [0.3, 0.4) is 0 Å². The molecule has 1 amide bonds. The largest absolute Gasteiger partial charge is 0.382 e. The van der Waals surface area contributed by atoms with Gasteiger partial charge in [-0.25, -0.2) is 0 Å². The van der Waals surface area contributed by atoms with Gasteiger partial charge >= 0.3 is 0 Å². The molecule has 0 aliphatic heterocycles. The van der Waals surface area contributed by atoms with Gasteiger partial charge in [0.1, 0.15) is 0 Å². The topological polar surface area (TPSA) is 41.1 Å². The molecule has 0 aromatic heterocycles. The molecule has 0 spiro atoms. The number of rotatable bonds is 4. The normalized spacial score (nSPS) is 22.6. The van der Waals surface area contributed by atoms with Crippen LogP contribution in [-0.4, -0.2) is 19.0 Å². The maximum atomic E-state index is 11.7. The summed E-state index contributed by atoms with van der Waals surface area (Å²) in [6, 6.07) is 8.33. The Bertz CT molecular complexity index is 456. The van der Waals surface area contributed by atoms with Gasteiger partial charge in [0.2, 0.25) is 0 Å². The summed E-state index contributed by atoms with van der Waals surface area (Å²) in [5.74, 6) is 1.40. The molecule has 2 unspecified atom stereocenters. The average Bonchev–Trinajstić information content (AvgIpc) is 2.47. The molecule has 1 aliphatic rings. The molecule has 1 saturated carbocycles. The van der Waals surface area contributed by atoms with E-state index >= 15 is 0 Å². The van der Waals surface area contributed by atoms with Gasteiger partial charge in [-0.05, 0) is 42.9 Å². The lowest BCUT2D eigenvalue weighted by Gasteiger charge is -2.35. The molecule has 2 atom stereocenters. The smallest absolute Gasteiger partial charge is 0.251 e. The van der Waals surface area contributed by atoms with E-state index in [-0.39, 0.29) is 5.91 Å². The van der Waals surface area contributed by atoms with Crippen LogP contribution in [0.25, 0.3) is 0 Å². The summed E-state index contributed by atoms with van der Waals surface area (Å²) in [5.41, 5.74) is 1.78. The van der Waals surface area contributed by atoms with Crippen molar-refractivity contribution in [2.75, 3.05) is 12.4 Å². The van der Waals surface area contributed by atoms with Crippen molar-refractivity contribution in [3.63, 3.8) is 0 Å². The van der Waals surface area contributed by atoms with Crippen molar-refractivity contribution in [1.29, 1.82) is 0 Å². The highest BCUT2D eigenvalue weighted by Gasteiger charge is 2.27. The molecule has 2 N–H and O–H groups in total. The molecule has 1 aromatic rings. The molecule has 2 rings (SSSR count). The highest BCUT2D eigenvalue weighted by molar-refractivity contribution is 5.94. The summed E-state index contributed by atoms with van der Waals surface area (Å²) in [4.78, 5) is 11.7. The van der Waals surface area contributed by atoms with Gasteiger partial charge in [0.15, 0.2) is 0 Å². The van der Waals surface area contributed by atoms with Crippen molar-refractivity contribution in [2.45, 2.75) is 45.6 Å². The Labute approximate surface area is 122 Å². The van der Waals surface area contributed by atoms with E-state index in [1.165, 1.54) is 25.7 Å². The monoisotopic (exact) mass is 274 g/mol. The molecule has 0 saturated heterocycles. The number of benzene rings is 1. The van der Waals surface area contributed by atoms with Gasteiger partial charge in [-0.3, -0.25) is 4.79 Å². The van der Waals surface area contributed by atoms with E-state index in [9.17, 15) is 4.79 Å². The van der Waals surface area contributed by atoms with Gasteiger partial charge in [-0.15, -0.1) is 0 Å². The Balaban J connectivity index is 2.10. The Kier molecular flexibility index (Phi) is 5.05. The van der Waals surface area contributed by atoms with Crippen molar-refractivity contribution in [2.24, 2.45) is 11.8 Å². The number of nitrogens with one attached hydrogen (secondary N) is 2. The minimum absolute atomic E-state index is 0.0299. The van der Waals surface area contributed by atoms with Crippen LogP contribution in [0.2, 0.25) is 0 Å². The number of carbonyl (C=O) groups excluding carboxylic acids is 1. The molecular weight excluding hydrogens is 248 g/mol. The van der Waals surface area contributed by atoms with Gasteiger partial charge in [-0.2, -0.15) is 0 Å². The van der Waals surface area contributed by atoms with Crippen molar-refractivity contribution < 1.29 is 4.79 Å². The quantitative estimate of drug-likeness (QED) is 0.879. The first kappa shape index (κ1) is 14.9. The van der Waals surface area contributed by atoms with E-state index in [0.29, 0.717) is 12.0 Å². The van der Waals surface area contributed by atoms with Gasteiger partial charge in [-0.1, -0.05) is 32.8 Å². The van der Waals surface area contributed by atoms with E-state index in [1.807, 2.05) is 18.2 Å². The summed E-state index contributed by atoms with van der Waals surface area (Å²) < 4.78 is 0. The van der Waals surface area contributed by atoms with Gasteiger partial charge < -0.3 is 10.6 Å². The number of carbonyl (C=O) groups is 1. The average molecular weight is 274 g/mol. The third kappa shape index (κ3) is 3.53. The lowest BCUT2D eigenvalue weighted by Crippen LogP contribution is -2.35. The lowest BCUT2D eigenvalue weighted by molar-refractivity contribution is 0.0963. The molecule has 110 valence electrons. The van der Waals surface area contributed by atoms with Crippen LogP contribution >= 0.6 is 0 Å². The second kappa shape index (κ2) is 6.78. The van der Waals surface area contributed by atoms with Crippen molar-refractivity contribution in [3.05, 3.63) is 29.8 Å². The minimum Gasteiger partial charge on any atom is -0.382 e. The maximum absolute atomic E-state index is 11.7. The molecule has 1 aromatic carbocycles. The lowest BCUT2D eigenvalue weighted by atomic mass is 9.78. The van der Waals surface area contributed by atoms with Crippen LogP contribution in [0.1, 0.15) is 49.9 Å². The number of hydrogen-bond donors (Lipinski definition) is 2. The third-order valence-corrected chi connectivity index (χ3v) is 4.38. The third-order valence-electron chi connectivity index (χ3n) is 4.38. The second-order valence-electron chi connectivity index (χ2n) is 6.10.